The molecule has 0 spiro atoms. The van der Waals surface area contributed by atoms with Gasteiger partial charge in [-0.15, -0.1) is 0 Å². The molecule has 0 saturated carbocycles. The van der Waals surface area contributed by atoms with Crippen molar-refractivity contribution in [2.24, 2.45) is 4.99 Å². The van der Waals surface area contributed by atoms with E-state index in [9.17, 15) is 18.0 Å². The summed E-state index contributed by atoms with van der Waals surface area (Å²) in [5.41, 5.74) is -1.64. The lowest BCUT2D eigenvalue weighted by Gasteiger charge is -2.17. The molecule has 20 heavy (non-hydrogen) atoms. The summed E-state index contributed by atoms with van der Waals surface area (Å²) in [4.78, 5) is 14.6. The normalized spacial score (nSPS) is 14.1. The second-order valence-corrected chi connectivity index (χ2v) is 4.91. The highest BCUT2D eigenvalue weighted by atomic mass is 19.4. The lowest BCUT2D eigenvalue weighted by molar-refractivity contribution is -0.0882. The second kappa shape index (κ2) is 7.07. The summed E-state index contributed by atoms with van der Waals surface area (Å²) in [5, 5.41) is 0. The second-order valence-electron chi connectivity index (χ2n) is 4.91. The van der Waals surface area contributed by atoms with Crippen LogP contribution in [-0.2, 0) is 4.74 Å². The van der Waals surface area contributed by atoms with Gasteiger partial charge in [0.05, 0.1) is 5.57 Å². The molecule has 0 aliphatic rings. The molecule has 0 atom stereocenters. The Labute approximate surface area is 116 Å². The van der Waals surface area contributed by atoms with Crippen LogP contribution in [0.3, 0.4) is 0 Å². The van der Waals surface area contributed by atoms with E-state index in [-0.39, 0.29) is 5.57 Å². The molecule has 0 aromatic rings. The van der Waals surface area contributed by atoms with E-state index in [2.05, 4.69) is 11.6 Å². The predicted octanol–water partition coefficient (Wildman–Crippen LogP) is 4.61. The van der Waals surface area contributed by atoms with Gasteiger partial charge in [0.25, 0.3) is 0 Å². The van der Waals surface area contributed by atoms with Gasteiger partial charge in [0, 0.05) is 6.21 Å². The van der Waals surface area contributed by atoms with Gasteiger partial charge in [-0.1, -0.05) is 18.7 Å². The minimum Gasteiger partial charge on any atom is -0.442 e. The van der Waals surface area contributed by atoms with Crippen LogP contribution in [-0.4, -0.2) is 24.1 Å². The summed E-state index contributed by atoms with van der Waals surface area (Å²) in [6, 6.07) is 0. The Hall–Kier alpha value is -1.85. The maximum Gasteiger partial charge on any atom is 0.434 e. The molecule has 0 radical (unpaired) electrons. The zero-order valence-corrected chi connectivity index (χ0v) is 11.9. The van der Waals surface area contributed by atoms with Gasteiger partial charge in [-0.05, 0) is 39.3 Å². The van der Waals surface area contributed by atoms with Crippen molar-refractivity contribution in [3.63, 3.8) is 0 Å². The molecule has 1 amide bonds. The van der Waals surface area contributed by atoms with Crippen LogP contribution in [0.15, 0.2) is 40.9 Å². The molecule has 0 unspecified atom stereocenters. The van der Waals surface area contributed by atoms with E-state index in [0.29, 0.717) is 0 Å². The van der Waals surface area contributed by atoms with Crippen LogP contribution in [0.25, 0.3) is 0 Å². The van der Waals surface area contributed by atoms with E-state index in [1.807, 2.05) is 0 Å². The van der Waals surface area contributed by atoms with Crippen LogP contribution in [0, 0.1) is 0 Å². The Morgan fingerprint density at radius 1 is 1.25 bits per heavy atom. The summed E-state index contributed by atoms with van der Waals surface area (Å²) in [5.74, 6) is 0. The number of alkyl halides is 3. The van der Waals surface area contributed by atoms with Gasteiger partial charge in [-0.25, -0.2) is 4.79 Å². The van der Waals surface area contributed by atoms with Crippen LogP contribution in [0.1, 0.15) is 27.7 Å². The van der Waals surface area contributed by atoms with Crippen molar-refractivity contribution >= 4 is 12.3 Å². The molecular weight excluding hydrogens is 271 g/mol. The zero-order valence-electron chi connectivity index (χ0n) is 11.9. The number of carbonyl (C=O) groups is 1. The van der Waals surface area contributed by atoms with E-state index in [4.69, 9.17) is 4.74 Å². The van der Waals surface area contributed by atoms with Gasteiger partial charge in [-0.3, -0.25) is 0 Å². The quantitative estimate of drug-likeness (QED) is 0.562. The van der Waals surface area contributed by atoms with Crippen molar-refractivity contribution in [2.45, 2.75) is 39.5 Å². The fourth-order valence-corrected chi connectivity index (χ4v) is 1.06. The molecule has 0 heterocycles. The molecule has 0 aromatic heterocycles. The highest BCUT2D eigenvalue weighted by Crippen LogP contribution is 2.27. The van der Waals surface area contributed by atoms with Gasteiger partial charge in [0.1, 0.15) is 5.60 Å². The van der Waals surface area contributed by atoms with E-state index in [1.54, 1.807) is 20.8 Å². The van der Waals surface area contributed by atoms with Crippen molar-refractivity contribution < 1.29 is 22.7 Å². The summed E-state index contributed by atoms with van der Waals surface area (Å²) >= 11 is 0. The fourth-order valence-electron chi connectivity index (χ4n) is 1.06. The smallest absolute Gasteiger partial charge is 0.434 e. The topological polar surface area (TPSA) is 38.7 Å². The van der Waals surface area contributed by atoms with Crippen LogP contribution < -0.4 is 0 Å². The average Bonchev–Trinajstić information content (AvgIpc) is 2.22. The number of rotatable bonds is 3. The number of amides is 1. The molecular formula is C14H18F3NO2. The molecule has 112 valence electrons. The SMILES string of the molecule is C=C(C=NC(=O)OC(C)(C)C)C=C(C=CC)C(F)(F)F. The van der Waals surface area contributed by atoms with Crippen LogP contribution >= 0.6 is 0 Å². The maximum absolute atomic E-state index is 12.6. The first-order chi connectivity index (χ1) is 8.95. The average molecular weight is 289 g/mol. The van der Waals surface area contributed by atoms with Crippen molar-refractivity contribution in [1.82, 2.24) is 0 Å². The number of nitrogens with zero attached hydrogens (tertiary/aromatic N) is 1. The first-order valence-electron chi connectivity index (χ1n) is 5.83. The fraction of sp³-hybridized carbons (Fsp3) is 0.429. The Kier molecular flexibility index (Phi) is 6.42. The van der Waals surface area contributed by atoms with Crippen molar-refractivity contribution in [1.29, 1.82) is 0 Å². The van der Waals surface area contributed by atoms with E-state index in [0.717, 1.165) is 18.4 Å². The third-order valence-corrected chi connectivity index (χ3v) is 1.74. The lowest BCUT2D eigenvalue weighted by Crippen LogP contribution is -2.21. The highest BCUT2D eigenvalue weighted by Gasteiger charge is 2.31. The van der Waals surface area contributed by atoms with Crippen LogP contribution in [0.2, 0.25) is 0 Å². The molecule has 0 aliphatic heterocycles. The molecule has 0 N–H and O–H groups in total. The third-order valence-electron chi connectivity index (χ3n) is 1.74. The van der Waals surface area contributed by atoms with E-state index in [1.165, 1.54) is 13.0 Å². The van der Waals surface area contributed by atoms with Crippen LogP contribution in [0.5, 0.6) is 0 Å². The molecule has 0 aromatic carbocycles. The molecule has 3 nitrogen and oxygen atoms in total. The van der Waals surface area contributed by atoms with E-state index < -0.39 is 23.4 Å². The van der Waals surface area contributed by atoms with Gasteiger partial charge < -0.3 is 4.74 Å². The monoisotopic (exact) mass is 289 g/mol. The predicted molar refractivity (Wildman–Crippen MR) is 72.8 cm³/mol. The standard InChI is InChI=1S/C14H18F3NO2/c1-6-7-11(14(15,16)17)8-10(2)9-18-12(19)20-13(3,4)5/h6-9H,2H2,1,3-5H3. The van der Waals surface area contributed by atoms with Crippen molar-refractivity contribution in [3.05, 3.63) is 36.0 Å². The first-order valence-corrected chi connectivity index (χ1v) is 5.83. The zero-order chi connectivity index (χ0) is 16.0. The number of carbonyl (C=O) groups excluding carboxylic acids is 1. The number of ether oxygens (including phenoxy) is 1. The molecule has 6 heteroatoms. The van der Waals surface area contributed by atoms with Crippen molar-refractivity contribution in [2.75, 3.05) is 0 Å². The van der Waals surface area contributed by atoms with Gasteiger partial charge in [0.15, 0.2) is 0 Å². The number of halogens is 3. The molecule has 0 rings (SSSR count). The molecule has 0 aliphatic carbocycles. The van der Waals surface area contributed by atoms with Crippen molar-refractivity contribution in [3.8, 4) is 0 Å². The minimum absolute atomic E-state index is 0.0544. The van der Waals surface area contributed by atoms with E-state index >= 15 is 0 Å². The number of hydrogen-bond acceptors (Lipinski definition) is 2. The Morgan fingerprint density at radius 3 is 2.20 bits per heavy atom. The maximum atomic E-state index is 12.6. The molecule has 0 bridgehead atoms. The summed E-state index contributed by atoms with van der Waals surface area (Å²) in [6.45, 7) is 9.83. The molecule has 0 fully saturated rings. The van der Waals surface area contributed by atoms with Gasteiger partial charge in [0.2, 0.25) is 0 Å². The third kappa shape index (κ3) is 8.29. The van der Waals surface area contributed by atoms with Crippen LogP contribution in [0.4, 0.5) is 18.0 Å². The Bertz CT molecular complexity index is 452. The Balaban J connectivity index is 4.88. The summed E-state index contributed by atoms with van der Waals surface area (Å²) < 4.78 is 42.6. The number of allylic oxidation sites excluding steroid dienone is 5. The largest absolute Gasteiger partial charge is 0.442 e. The number of aliphatic imine (C=N–C) groups is 1. The lowest BCUT2D eigenvalue weighted by atomic mass is 10.1. The summed E-state index contributed by atoms with van der Waals surface area (Å²) in [7, 11) is 0. The molecule has 0 saturated heterocycles. The summed E-state index contributed by atoms with van der Waals surface area (Å²) in [6.07, 6.45) is -1.47. The highest BCUT2D eigenvalue weighted by molar-refractivity contribution is 5.90. The number of hydrogen-bond donors (Lipinski definition) is 0. The van der Waals surface area contributed by atoms with Gasteiger partial charge >= 0.3 is 12.3 Å². The first kappa shape index (κ1) is 18.1. The van der Waals surface area contributed by atoms with Gasteiger partial charge in [-0.2, -0.15) is 18.2 Å². The minimum atomic E-state index is -4.49. The Morgan fingerprint density at radius 2 is 1.80 bits per heavy atom.